The van der Waals surface area contributed by atoms with Crippen molar-refractivity contribution in [3.05, 3.63) is 0 Å². The van der Waals surface area contributed by atoms with Crippen molar-refractivity contribution in [2.75, 3.05) is 31.1 Å². The first-order valence-electron chi connectivity index (χ1n) is 6.21. The molecule has 0 saturated carbocycles. The molecule has 1 heterocycles. The largest absolute Gasteiger partial charge is 0.355 e. The number of piperidine rings is 1. The molecule has 1 unspecified atom stereocenters. The Bertz CT molecular complexity index is 340. The Kier molecular flexibility index (Phi) is 8.56. The van der Waals surface area contributed by atoms with E-state index in [-0.39, 0.29) is 29.8 Å². The van der Waals surface area contributed by atoms with Crippen molar-refractivity contribution in [1.82, 2.24) is 10.6 Å². The van der Waals surface area contributed by atoms with E-state index in [1.807, 2.05) is 0 Å². The van der Waals surface area contributed by atoms with Gasteiger partial charge < -0.3 is 10.6 Å². The number of sulfone groups is 1. The molecule has 1 fully saturated rings. The quantitative estimate of drug-likeness (QED) is 0.742. The van der Waals surface area contributed by atoms with Crippen LogP contribution in [-0.4, -0.2) is 45.5 Å². The summed E-state index contributed by atoms with van der Waals surface area (Å²) in [7, 11) is -3.21. The van der Waals surface area contributed by atoms with Crippen LogP contribution < -0.4 is 10.6 Å². The van der Waals surface area contributed by atoms with Gasteiger partial charge in [0.2, 0.25) is 5.91 Å². The second kappa shape index (κ2) is 8.72. The average Bonchev–Trinajstić information content (AvgIpc) is 2.27. The third kappa shape index (κ3) is 7.18. The Morgan fingerprint density at radius 1 is 1.44 bits per heavy atom. The summed E-state index contributed by atoms with van der Waals surface area (Å²) in [6.45, 7) is 4.31. The van der Waals surface area contributed by atoms with Crippen molar-refractivity contribution in [3.63, 3.8) is 0 Å². The van der Waals surface area contributed by atoms with Gasteiger partial charge in [-0.2, -0.15) is 0 Å². The Morgan fingerprint density at radius 2 is 2.17 bits per heavy atom. The van der Waals surface area contributed by atoms with Crippen molar-refractivity contribution in [2.45, 2.75) is 26.2 Å². The lowest BCUT2D eigenvalue weighted by Gasteiger charge is -2.22. The smallest absolute Gasteiger partial charge is 0.235 e. The molecule has 1 rings (SSSR count). The van der Waals surface area contributed by atoms with Crippen LogP contribution in [0.1, 0.15) is 26.2 Å². The molecule has 0 aromatic rings. The van der Waals surface area contributed by atoms with E-state index in [9.17, 15) is 13.2 Å². The fraction of sp³-hybridized carbons (Fsp3) is 0.909. The van der Waals surface area contributed by atoms with Crippen LogP contribution in [-0.2, 0) is 14.6 Å². The summed E-state index contributed by atoms with van der Waals surface area (Å²) < 4.78 is 22.8. The van der Waals surface area contributed by atoms with Gasteiger partial charge in [-0.05, 0) is 38.3 Å². The zero-order chi connectivity index (χ0) is 12.7. The highest BCUT2D eigenvalue weighted by Crippen LogP contribution is 2.08. The second-order valence-corrected chi connectivity index (χ2v) is 6.79. The van der Waals surface area contributed by atoms with E-state index in [1.54, 1.807) is 6.92 Å². The lowest BCUT2D eigenvalue weighted by Crippen LogP contribution is -2.40. The number of nitrogens with one attached hydrogen (secondary N) is 2. The molecule has 5 nitrogen and oxygen atoms in total. The molecule has 0 aliphatic carbocycles. The molecule has 0 aromatic carbocycles. The molecule has 0 radical (unpaired) electrons. The standard InChI is InChI=1S/C11H22N2O3S.ClH/c1-2-6-17(15,16)9-11(14)13-8-10-4-3-5-12-7-10;/h10,12H,2-9H2,1H3,(H,13,14);1H. The van der Waals surface area contributed by atoms with Gasteiger partial charge >= 0.3 is 0 Å². The monoisotopic (exact) mass is 298 g/mol. The highest BCUT2D eigenvalue weighted by molar-refractivity contribution is 7.92. The summed E-state index contributed by atoms with van der Waals surface area (Å²) in [5.74, 6) is -0.225. The number of carbonyl (C=O) groups excluding carboxylic acids is 1. The topological polar surface area (TPSA) is 75.3 Å². The van der Waals surface area contributed by atoms with Crippen molar-refractivity contribution in [2.24, 2.45) is 5.92 Å². The van der Waals surface area contributed by atoms with Crippen LogP contribution in [0.4, 0.5) is 0 Å². The Balaban J connectivity index is 0.00000289. The SMILES string of the molecule is CCCS(=O)(=O)CC(=O)NCC1CCCNC1.Cl. The summed E-state index contributed by atoms with van der Waals surface area (Å²) in [4.78, 5) is 11.5. The van der Waals surface area contributed by atoms with E-state index >= 15 is 0 Å². The number of halogens is 1. The van der Waals surface area contributed by atoms with Crippen LogP contribution in [0, 0.1) is 5.92 Å². The number of carbonyl (C=O) groups is 1. The van der Waals surface area contributed by atoms with Gasteiger partial charge in [0.25, 0.3) is 0 Å². The first-order chi connectivity index (χ1) is 8.03. The number of hydrogen-bond acceptors (Lipinski definition) is 4. The fourth-order valence-corrected chi connectivity index (χ4v) is 3.26. The molecule has 7 heteroatoms. The normalized spacial score (nSPS) is 19.9. The Hall–Kier alpha value is -0.330. The van der Waals surface area contributed by atoms with Gasteiger partial charge in [0.15, 0.2) is 9.84 Å². The Morgan fingerprint density at radius 3 is 2.72 bits per heavy atom. The Labute approximate surface area is 115 Å². The van der Waals surface area contributed by atoms with Gasteiger partial charge in [0, 0.05) is 6.54 Å². The molecular weight excluding hydrogens is 276 g/mol. The van der Waals surface area contributed by atoms with E-state index in [2.05, 4.69) is 10.6 Å². The van der Waals surface area contributed by atoms with Gasteiger partial charge in [-0.15, -0.1) is 12.4 Å². The lowest BCUT2D eigenvalue weighted by molar-refractivity contribution is -0.118. The zero-order valence-corrected chi connectivity index (χ0v) is 12.4. The van der Waals surface area contributed by atoms with E-state index in [4.69, 9.17) is 0 Å². The summed E-state index contributed by atoms with van der Waals surface area (Å²) in [5.41, 5.74) is 0. The van der Waals surface area contributed by atoms with Crippen molar-refractivity contribution < 1.29 is 13.2 Å². The lowest BCUT2D eigenvalue weighted by atomic mass is 10.00. The minimum absolute atomic E-state index is 0. The zero-order valence-electron chi connectivity index (χ0n) is 10.8. The minimum Gasteiger partial charge on any atom is -0.355 e. The molecule has 108 valence electrons. The molecule has 0 spiro atoms. The predicted octanol–water partition coefficient (Wildman–Crippen LogP) is 0.349. The van der Waals surface area contributed by atoms with Crippen LogP contribution in [0.15, 0.2) is 0 Å². The van der Waals surface area contributed by atoms with E-state index in [1.165, 1.54) is 0 Å². The van der Waals surface area contributed by atoms with Crippen LogP contribution in [0.5, 0.6) is 0 Å². The van der Waals surface area contributed by atoms with Gasteiger partial charge in [-0.1, -0.05) is 6.92 Å². The molecule has 1 saturated heterocycles. The molecular formula is C11H23ClN2O3S. The summed E-state index contributed by atoms with van der Waals surface area (Å²) in [6.07, 6.45) is 2.77. The molecule has 0 bridgehead atoms. The van der Waals surface area contributed by atoms with Crippen LogP contribution >= 0.6 is 12.4 Å². The van der Waals surface area contributed by atoms with E-state index < -0.39 is 9.84 Å². The van der Waals surface area contributed by atoms with Crippen molar-refractivity contribution in [3.8, 4) is 0 Å². The molecule has 18 heavy (non-hydrogen) atoms. The highest BCUT2D eigenvalue weighted by Gasteiger charge is 2.17. The van der Waals surface area contributed by atoms with Crippen LogP contribution in [0.3, 0.4) is 0 Å². The average molecular weight is 299 g/mol. The maximum absolute atomic E-state index is 11.5. The number of amides is 1. The molecule has 1 atom stereocenters. The second-order valence-electron chi connectivity index (χ2n) is 4.61. The van der Waals surface area contributed by atoms with E-state index in [0.717, 1.165) is 25.9 Å². The highest BCUT2D eigenvalue weighted by atomic mass is 35.5. The molecule has 1 aliphatic heterocycles. The predicted molar refractivity (Wildman–Crippen MR) is 74.8 cm³/mol. The summed E-state index contributed by atoms with van der Waals surface area (Å²) in [6, 6.07) is 0. The maximum Gasteiger partial charge on any atom is 0.235 e. The first kappa shape index (κ1) is 17.7. The van der Waals surface area contributed by atoms with Gasteiger partial charge in [-0.3, -0.25) is 4.79 Å². The van der Waals surface area contributed by atoms with Gasteiger partial charge in [-0.25, -0.2) is 8.42 Å². The van der Waals surface area contributed by atoms with Crippen molar-refractivity contribution >= 4 is 28.2 Å². The van der Waals surface area contributed by atoms with Crippen molar-refractivity contribution in [1.29, 1.82) is 0 Å². The third-order valence-corrected chi connectivity index (χ3v) is 4.59. The minimum atomic E-state index is -3.21. The van der Waals surface area contributed by atoms with Gasteiger partial charge in [0.05, 0.1) is 5.75 Å². The maximum atomic E-state index is 11.5. The fourth-order valence-electron chi connectivity index (χ4n) is 1.99. The van der Waals surface area contributed by atoms with Gasteiger partial charge in [0.1, 0.15) is 5.75 Å². The third-order valence-electron chi connectivity index (χ3n) is 2.85. The molecule has 1 amide bonds. The first-order valence-corrected chi connectivity index (χ1v) is 8.03. The molecule has 0 aromatic heterocycles. The molecule has 1 aliphatic rings. The number of rotatable bonds is 6. The molecule has 2 N–H and O–H groups in total. The van der Waals surface area contributed by atoms with Crippen LogP contribution in [0.2, 0.25) is 0 Å². The van der Waals surface area contributed by atoms with E-state index in [0.29, 0.717) is 18.9 Å². The van der Waals surface area contributed by atoms with Crippen LogP contribution in [0.25, 0.3) is 0 Å². The number of hydrogen-bond donors (Lipinski definition) is 2. The summed E-state index contributed by atoms with van der Waals surface area (Å²) in [5, 5.41) is 5.97. The summed E-state index contributed by atoms with van der Waals surface area (Å²) >= 11 is 0.